The first-order valence-electron chi connectivity index (χ1n) is 6.91. The number of amides is 1. The molecule has 0 N–H and O–H groups in total. The molecule has 0 aliphatic carbocycles. The highest BCUT2D eigenvalue weighted by Crippen LogP contribution is 2.41. The molecule has 0 aromatic heterocycles. The van der Waals surface area contributed by atoms with Crippen LogP contribution in [0.15, 0.2) is 18.2 Å². The van der Waals surface area contributed by atoms with Gasteiger partial charge in [0.1, 0.15) is 16.9 Å². The molecule has 116 valence electrons. The van der Waals surface area contributed by atoms with Crippen molar-refractivity contribution in [1.82, 2.24) is 4.90 Å². The van der Waals surface area contributed by atoms with Crippen LogP contribution in [0.1, 0.15) is 17.9 Å². The van der Waals surface area contributed by atoms with Crippen molar-refractivity contribution in [3.63, 3.8) is 0 Å². The number of carbonyl (C=O) groups is 1. The van der Waals surface area contributed by atoms with E-state index < -0.39 is 0 Å². The van der Waals surface area contributed by atoms with Gasteiger partial charge in [-0.2, -0.15) is 11.8 Å². The molecule has 1 aromatic rings. The summed E-state index contributed by atoms with van der Waals surface area (Å²) in [5.41, 5.74) is 1.06. The van der Waals surface area contributed by atoms with E-state index in [1.165, 1.54) is 0 Å². The van der Waals surface area contributed by atoms with Crippen LogP contribution in [0.25, 0.3) is 0 Å². The number of carbonyl (C=O) groups excluding carboxylic acids is 1. The van der Waals surface area contributed by atoms with Crippen LogP contribution in [0.2, 0.25) is 0 Å². The number of thioether (sulfide) groups is 2. The van der Waals surface area contributed by atoms with E-state index in [0.717, 1.165) is 35.1 Å². The number of nitrogens with zero attached hydrogens (tertiary/aromatic N) is 1. The third-order valence-corrected chi connectivity index (χ3v) is 5.44. The summed E-state index contributed by atoms with van der Waals surface area (Å²) in [5, 5.41) is 0.0546. The van der Waals surface area contributed by atoms with Gasteiger partial charge in [0.2, 0.25) is 5.91 Å². The van der Waals surface area contributed by atoms with Crippen LogP contribution in [0.4, 0.5) is 0 Å². The number of ether oxygens (including phenoxy) is 2. The first-order valence-corrected chi connectivity index (χ1v) is 9.11. The molecular formula is C15H21NO3S2. The second-order valence-corrected chi connectivity index (χ2v) is 7.06. The summed E-state index contributed by atoms with van der Waals surface area (Å²) in [6.45, 7) is 2.92. The molecule has 1 atom stereocenters. The molecule has 1 amide bonds. The van der Waals surface area contributed by atoms with Gasteiger partial charge in [0.05, 0.1) is 20.0 Å². The minimum Gasteiger partial charge on any atom is -0.497 e. The monoisotopic (exact) mass is 327 g/mol. The molecule has 1 aliphatic heterocycles. The van der Waals surface area contributed by atoms with Gasteiger partial charge in [0.15, 0.2) is 0 Å². The highest BCUT2D eigenvalue weighted by atomic mass is 32.2. The Morgan fingerprint density at radius 2 is 1.95 bits per heavy atom. The van der Waals surface area contributed by atoms with Crippen LogP contribution in [0, 0.1) is 0 Å². The summed E-state index contributed by atoms with van der Waals surface area (Å²) in [6.07, 6.45) is 0. The Bertz CT molecular complexity index is 474. The number of rotatable bonds is 7. The third kappa shape index (κ3) is 4.01. The molecule has 1 heterocycles. The number of hydrogen-bond acceptors (Lipinski definition) is 5. The first kappa shape index (κ1) is 16.4. The van der Waals surface area contributed by atoms with E-state index in [-0.39, 0.29) is 11.3 Å². The van der Waals surface area contributed by atoms with Crippen molar-refractivity contribution in [2.75, 3.05) is 38.0 Å². The molecule has 0 saturated carbocycles. The maximum atomic E-state index is 12.1. The van der Waals surface area contributed by atoms with Gasteiger partial charge in [-0.15, -0.1) is 11.8 Å². The average Bonchev–Trinajstić information content (AvgIpc) is 2.88. The fourth-order valence-corrected chi connectivity index (χ4v) is 4.06. The summed E-state index contributed by atoms with van der Waals surface area (Å²) in [7, 11) is 3.28. The van der Waals surface area contributed by atoms with E-state index in [1.807, 2.05) is 34.9 Å². The number of benzene rings is 1. The second-order valence-electron chi connectivity index (χ2n) is 4.59. The van der Waals surface area contributed by atoms with E-state index >= 15 is 0 Å². The fraction of sp³-hybridized carbons (Fsp3) is 0.533. The summed E-state index contributed by atoms with van der Waals surface area (Å²) in [5.74, 6) is 4.32. The molecule has 1 aliphatic rings. The number of methoxy groups -OCH3 is 2. The normalized spacial score (nSPS) is 18.1. The van der Waals surface area contributed by atoms with E-state index in [0.29, 0.717) is 5.75 Å². The molecule has 0 radical (unpaired) electrons. The molecule has 0 spiro atoms. The Balaban J connectivity index is 2.20. The second kappa shape index (κ2) is 7.84. The van der Waals surface area contributed by atoms with E-state index in [4.69, 9.17) is 9.47 Å². The number of hydrogen-bond donors (Lipinski definition) is 0. The standard InChI is InChI=1S/C15H21NO3S2/c1-4-20-6-5-16-14(17)10-21-15(16)11-7-12(18-2)9-13(8-11)19-3/h7-9,15H,4-6,10H2,1-3H3. The minimum absolute atomic E-state index is 0.0546. The summed E-state index contributed by atoms with van der Waals surface area (Å²) in [4.78, 5) is 14.1. The Hall–Kier alpha value is -1.01. The van der Waals surface area contributed by atoms with Crippen molar-refractivity contribution in [1.29, 1.82) is 0 Å². The van der Waals surface area contributed by atoms with Crippen molar-refractivity contribution < 1.29 is 14.3 Å². The van der Waals surface area contributed by atoms with Crippen LogP contribution >= 0.6 is 23.5 Å². The summed E-state index contributed by atoms with van der Waals surface area (Å²) < 4.78 is 10.6. The van der Waals surface area contributed by atoms with Crippen molar-refractivity contribution >= 4 is 29.4 Å². The average molecular weight is 327 g/mol. The van der Waals surface area contributed by atoms with E-state index in [9.17, 15) is 4.79 Å². The summed E-state index contributed by atoms with van der Waals surface area (Å²) in [6, 6.07) is 5.82. The molecule has 0 bridgehead atoms. The van der Waals surface area contributed by atoms with Crippen LogP contribution in [-0.4, -0.2) is 48.8 Å². The van der Waals surface area contributed by atoms with Gasteiger partial charge in [-0.25, -0.2) is 0 Å². The molecule has 21 heavy (non-hydrogen) atoms. The van der Waals surface area contributed by atoms with Gasteiger partial charge >= 0.3 is 0 Å². The quantitative estimate of drug-likeness (QED) is 0.720. The lowest BCUT2D eigenvalue weighted by molar-refractivity contribution is -0.127. The summed E-state index contributed by atoms with van der Waals surface area (Å²) >= 11 is 3.52. The zero-order chi connectivity index (χ0) is 15.2. The van der Waals surface area contributed by atoms with E-state index in [2.05, 4.69) is 6.92 Å². The molecule has 1 fully saturated rings. The SMILES string of the molecule is CCSCCN1C(=O)CSC1c1cc(OC)cc(OC)c1. The van der Waals surface area contributed by atoms with Gasteiger partial charge in [0.25, 0.3) is 0 Å². The molecule has 1 unspecified atom stereocenters. The topological polar surface area (TPSA) is 38.8 Å². The highest BCUT2D eigenvalue weighted by molar-refractivity contribution is 8.00. The van der Waals surface area contributed by atoms with Crippen molar-refractivity contribution in [3.05, 3.63) is 23.8 Å². The van der Waals surface area contributed by atoms with Gasteiger partial charge in [0, 0.05) is 18.4 Å². The fourth-order valence-electron chi connectivity index (χ4n) is 2.25. The van der Waals surface area contributed by atoms with Crippen LogP contribution in [0.5, 0.6) is 11.5 Å². The predicted molar refractivity (Wildman–Crippen MR) is 89.5 cm³/mol. The predicted octanol–water partition coefficient (Wildman–Crippen LogP) is 3.03. The lowest BCUT2D eigenvalue weighted by atomic mass is 10.2. The van der Waals surface area contributed by atoms with Gasteiger partial charge < -0.3 is 14.4 Å². The maximum absolute atomic E-state index is 12.1. The zero-order valence-electron chi connectivity index (χ0n) is 12.6. The van der Waals surface area contributed by atoms with Gasteiger partial charge in [-0.1, -0.05) is 6.92 Å². The molecule has 1 aromatic carbocycles. The Labute approximate surface area is 134 Å². The Morgan fingerprint density at radius 1 is 1.29 bits per heavy atom. The van der Waals surface area contributed by atoms with Crippen molar-refractivity contribution in [3.8, 4) is 11.5 Å². The van der Waals surface area contributed by atoms with E-state index in [1.54, 1.807) is 26.0 Å². The molecule has 4 nitrogen and oxygen atoms in total. The largest absolute Gasteiger partial charge is 0.497 e. The van der Waals surface area contributed by atoms with Gasteiger partial charge in [-0.3, -0.25) is 4.79 Å². The van der Waals surface area contributed by atoms with Crippen LogP contribution < -0.4 is 9.47 Å². The van der Waals surface area contributed by atoms with Crippen LogP contribution in [-0.2, 0) is 4.79 Å². The van der Waals surface area contributed by atoms with Crippen LogP contribution in [0.3, 0.4) is 0 Å². The molecule has 6 heteroatoms. The lowest BCUT2D eigenvalue weighted by Gasteiger charge is -2.24. The zero-order valence-corrected chi connectivity index (χ0v) is 14.3. The van der Waals surface area contributed by atoms with Crippen molar-refractivity contribution in [2.24, 2.45) is 0 Å². The Kier molecular flexibility index (Phi) is 6.11. The molecule has 2 rings (SSSR count). The van der Waals surface area contributed by atoms with Gasteiger partial charge in [-0.05, 0) is 23.4 Å². The lowest BCUT2D eigenvalue weighted by Crippen LogP contribution is -2.30. The molecule has 1 saturated heterocycles. The molecular weight excluding hydrogens is 306 g/mol. The van der Waals surface area contributed by atoms with Crippen molar-refractivity contribution in [2.45, 2.75) is 12.3 Å². The third-order valence-electron chi connectivity index (χ3n) is 3.31. The minimum atomic E-state index is 0.0546. The highest BCUT2D eigenvalue weighted by Gasteiger charge is 2.32. The first-order chi connectivity index (χ1) is 10.2. The maximum Gasteiger partial charge on any atom is 0.233 e. The Morgan fingerprint density at radius 3 is 2.52 bits per heavy atom. The smallest absolute Gasteiger partial charge is 0.233 e.